The van der Waals surface area contributed by atoms with Crippen molar-refractivity contribution in [2.75, 3.05) is 0 Å². The molecule has 1 atom stereocenters. The number of rotatable bonds is 4. The molecule has 0 aromatic carbocycles. The van der Waals surface area contributed by atoms with E-state index in [1.165, 1.54) is 44.1 Å². The Balaban J connectivity index is 1.87. The average molecular weight is 258 g/mol. The molecule has 2 rings (SSSR count). The molecule has 1 unspecified atom stereocenters. The summed E-state index contributed by atoms with van der Waals surface area (Å²) in [6.45, 7) is 6.99. The summed E-state index contributed by atoms with van der Waals surface area (Å²) in [4.78, 5) is 0. The van der Waals surface area contributed by atoms with E-state index in [-0.39, 0.29) is 0 Å². The van der Waals surface area contributed by atoms with Crippen LogP contribution in [-0.2, 0) is 0 Å². The molecule has 0 radical (unpaired) electrons. The maximum Gasteiger partial charge on any atom is -0.0158 e. The van der Waals surface area contributed by atoms with Crippen LogP contribution in [-0.4, -0.2) is 0 Å². The van der Waals surface area contributed by atoms with Gasteiger partial charge < -0.3 is 0 Å². The van der Waals surface area contributed by atoms with Crippen molar-refractivity contribution >= 4 is 0 Å². The molecular weight excluding hydrogens is 228 g/mol. The minimum atomic E-state index is 0.834. The van der Waals surface area contributed by atoms with Crippen molar-refractivity contribution in [2.45, 2.75) is 65.7 Å². The first-order valence-corrected chi connectivity index (χ1v) is 8.25. The van der Waals surface area contributed by atoms with Crippen LogP contribution >= 0.6 is 0 Å². The van der Waals surface area contributed by atoms with Crippen LogP contribution in [0.25, 0.3) is 0 Å². The highest BCUT2D eigenvalue weighted by molar-refractivity contribution is 5.32. The molecule has 2 aliphatic carbocycles. The predicted octanol–water partition coefficient (Wildman–Crippen LogP) is 6.06. The third-order valence-corrected chi connectivity index (χ3v) is 5.12. The van der Waals surface area contributed by atoms with Crippen molar-refractivity contribution in [3.05, 3.63) is 35.5 Å². The van der Waals surface area contributed by atoms with E-state index in [1.807, 2.05) is 0 Å². The molecule has 0 bridgehead atoms. The van der Waals surface area contributed by atoms with Crippen LogP contribution in [0.1, 0.15) is 65.7 Å². The topological polar surface area (TPSA) is 0 Å². The molecule has 0 N–H and O–H groups in total. The van der Waals surface area contributed by atoms with Gasteiger partial charge in [0.05, 0.1) is 0 Å². The van der Waals surface area contributed by atoms with Crippen molar-refractivity contribution in [3.8, 4) is 0 Å². The molecule has 0 nitrogen and oxygen atoms in total. The molecule has 0 amide bonds. The van der Waals surface area contributed by atoms with Gasteiger partial charge in [0.15, 0.2) is 0 Å². The van der Waals surface area contributed by atoms with Crippen molar-refractivity contribution in [1.29, 1.82) is 0 Å². The van der Waals surface area contributed by atoms with Gasteiger partial charge in [-0.1, -0.05) is 56.6 Å². The lowest BCUT2D eigenvalue weighted by Gasteiger charge is -2.33. The van der Waals surface area contributed by atoms with Crippen LogP contribution in [0.5, 0.6) is 0 Å². The van der Waals surface area contributed by atoms with Gasteiger partial charge >= 0.3 is 0 Å². The summed E-state index contributed by atoms with van der Waals surface area (Å²) in [6.07, 6.45) is 19.1. The molecule has 1 saturated carbocycles. The Kier molecular flexibility index (Phi) is 5.48. The summed E-state index contributed by atoms with van der Waals surface area (Å²) in [5, 5.41) is 0. The summed E-state index contributed by atoms with van der Waals surface area (Å²) < 4.78 is 0. The molecule has 0 aromatic heterocycles. The summed E-state index contributed by atoms with van der Waals surface area (Å²) in [5.74, 6) is 2.76. The predicted molar refractivity (Wildman–Crippen MR) is 85.1 cm³/mol. The van der Waals surface area contributed by atoms with Gasteiger partial charge in [-0.3, -0.25) is 0 Å². The fraction of sp³-hybridized carbons (Fsp3) is 0.684. The second-order valence-corrected chi connectivity index (χ2v) is 6.60. The maximum atomic E-state index is 2.46. The van der Waals surface area contributed by atoms with Gasteiger partial charge in [-0.15, -0.1) is 0 Å². The van der Waals surface area contributed by atoms with Gasteiger partial charge in [-0.25, -0.2) is 0 Å². The van der Waals surface area contributed by atoms with Crippen LogP contribution < -0.4 is 0 Å². The Bertz CT molecular complexity index is 361. The first kappa shape index (κ1) is 14.6. The molecule has 2 aliphatic rings. The molecule has 106 valence electrons. The Hall–Kier alpha value is -0.780. The number of hydrogen-bond donors (Lipinski definition) is 0. The second kappa shape index (κ2) is 7.12. The Morgan fingerprint density at radius 3 is 2.53 bits per heavy atom. The molecule has 0 saturated heterocycles. The van der Waals surface area contributed by atoms with Gasteiger partial charge in [0.25, 0.3) is 0 Å². The van der Waals surface area contributed by atoms with Gasteiger partial charge in [0, 0.05) is 0 Å². The van der Waals surface area contributed by atoms with Gasteiger partial charge in [-0.05, 0) is 62.4 Å². The smallest absolute Gasteiger partial charge is 0.0158 e. The molecule has 0 aromatic rings. The van der Waals surface area contributed by atoms with Crippen LogP contribution in [0.3, 0.4) is 0 Å². The zero-order valence-electron chi connectivity index (χ0n) is 13.0. The lowest BCUT2D eigenvalue weighted by Crippen LogP contribution is -2.20. The van der Waals surface area contributed by atoms with Crippen LogP contribution in [0, 0.1) is 17.8 Å². The highest BCUT2D eigenvalue weighted by Gasteiger charge is 2.25. The van der Waals surface area contributed by atoms with E-state index in [0.29, 0.717) is 0 Å². The zero-order valence-corrected chi connectivity index (χ0v) is 13.0. The van der Waals surface area contributed by atoms with Crippen molar-refractivity contribution < 1.29 is 0 Å². The largest absolute Gasteiger partial charge is 0.0778 e. The molecule has 0 heterocycles. The van der Waals surface area contributed by atoms with Gasteiger partial charge in [-0.2, -0.15) is 0 Å². The van der Waals surface area contributed by atoms with Gasteiger partial charge in [0.1, 0.15) is 0 Å². The summed E-state index contributed by atoms with van der Waals surface area (Å²) in [7, 11) is 0. The Labute approximate surface area is 119 Å². The quantitative estimate of drug-likeness (QED) is 0.575. The van der Waals surface area contributed by atoms with E-state index in [2.05, 4.69) is 45.1 Å². The number of allylic oxidation sites excluding steroid dienone is 6. The molecule has 1 fully saturated rings. The normalized spacial score (nSPS) is 29.4. The summed E-state index contributed by atoms with van der Waals surface area (Å²) in [6, 6.07) is 0. The van der Waals surface area contributed by atoms with E-state index < -0.39 is 0 Å². The van der Waals surface area contributed by atoms with E-state index in [4.69, 9.17) is 0 Å². The van der Waals surface area contributed by atoms with E-state index in [9.17, 15) is 0 Å². The zero-order chi connectivity index (χ0) is 13.7. The molecular formula is C19H30. The highest BCUT2D eigenvalue weighted by Crippen LogP contribution is 2.38. The summed E-state index contributed by atoms with van der Waals surface area (Å²) in [5.41, 5.74) is 3.02. The van der Waals surface area contributed by atoms with Crippen LogP contribution in [0.2, 0.25) is 0 Å². The van der Waals surface area contributed by atoms with E-state index in [0.717, 1.165) is 24.2 Å². The third kappa shape index (κ3) is 4.09. The molecule has 0 heteroatoms. The minimum absolute atomic E-state index is 0.834. The lowest BCUT2D eigenvalue weighted by atomic mass is 9.73. The highest BCUT2D eigenvalue weighted by atomic mass is 14.3. The Morgan fingerprint density at radius 2 is 1.84 bits per heavy atom. The van der Waals surface area contributed by atoms with Gasteiger partial charge in [0.2, 0.25) is 0 Å². The van der Waals surface area contributed by atoms with Crippen molar-refractivity contribution in [3.63, 3.8) is 0 Å². The van der Waals surface area contributed by atoms with Crippen LogP contribution in [0.4, 0.5) is 0 Å². The Morgan fingerprint density at radius 1 is 1.11 bits per heavy atom. The number of hydrogen-bond acceptors (Lipinski definition) is 0. The van der Waals surface area contributed by atoms with Crippen molar-refractivity contribution in [2.24, 2.45) is 17.8 Å². The lowest BCUT2D eigenvalue weighted by molar-refractivity contribution is 0.222. The fourth-order valence-electron chi connectivity index (χ4n) is 3.76. The van der Waals surface area contributed by atoms with E-state index >= 15 is 0 Å². The third-order valence-electron chi connectivity index (χ3n) is 5.12. The maximum absolute atomic E-state index is 2.46. The molecule has 0 aliphatic heterocycles. The monoisotopic (exact) mass is 258 g/mol. The first-order chi connectivity index (χ1) is 9.20. The fourth-order valence-corrected chi connectivity index (χ4v) is 3.76. The van der Waals surface area contributed by atoms with Crippen molar-refractivity contribution in [1.82, 2.24) is 0 Å². The average Bonchev–Trinajstić information content (AvgIpc) is 2.64. The van der Waals surface area contributed by atoms with E-state index in [1.54, 1.807) is 5.57 Å². The first-order valence-electron chi connectivity index (χ1n) is 8.25. The second-order valence-electron chi connectivity index (χ2n) is 6.60. The summed E-state index contributed by atoms with van der Waals surface area (Å²) >= 11 is 0. The standard InChI is InChI=1S/C19H30/c1-4-6-16(3)17-11-13-19(14-12-17)18-8-5-7-15(2)9-10-18/h7-10,16-17,19H,4-6,11-14H2,1-3H3. The molecule has 19 heavy (non-hydrogen) atoms. The minimum Gasteiger partial charge on any atom is -0.0778 e. The SMILES string of the molecule is CCCC(C)C1CCC(C2=CCC=C(C)C=C2)CC1. The molecule has 0 spiro atoms. The van der Waals surface area contributed by atoms with Crippen LogP contribution in [0.15, 0.2) is 35.5 Å².